The molecule has 1 fully saturated rings. The van der Waals surface area contributed by atoms with Crippen molar-refractivity contribution in [2.45, 2.75) is 93.8 Å². The number of nitrogens with zero attached hydrogens (tertiary/aromatic N) is 1. The first-order valence-corrected chi connectivity index (χ1v) is 16.6. The van der Waals surface area contributed by atoms with Crippen LogP contribution in [0.3, 0.4) is 0 Å². The Balaban J connectivity index is 1.43. The minimum Gasteiger partial charge on any atom is -0.510 e. The highest BCUT2D eigenvalue weighted by Gasteiger charge is 2.46. The zero-order valence-electron chi connectivity index (χ0n) is 25.0. The molecular formula is C32H43N3O7S. The van der Waals surface area contributed by atoms with Gasteiger partial charge in [-0.05, 0) is 55.4 Å². The second-order valence-electron chi connectivity index (χ2n) is 11.6. The molecule has 1 aromatic rings. The zero-order chi connectivity index (χ0) is 30.7. The molecular weight excluding hydrogens is 570 g/mol. The molecule has 4 aliphatic rings. The van der Waals surface area contributed by atoms with Crippen molar-refractivity contribution in [1.82, 2.24) is 15.6 Å². The first-order chi connectivity index (χ1) is 20.7. The fourth-order valence-electron chi connectivity index (χ4n) is 6.14. The van der Waals surface area contributed by atoms with Gasteiger partial charge in [0.15, 0.2) is 5.03 Å². The van der Waals surface area contributed by atoms with Crippen molar-refractivity contribution < 1.29 is 33.2 Å². The Bertz CT molecular complexity index is 1440. The van der Waals surface area contributed by atoms with Crippen LogP contribution in [0.25, 0.3) is 0 Å². The van der Waals surface area contributed by atoms with Crippen molar-refractivity contribution in [2.75, 3.05) is 14.2 Å². The predicted molar refractivity (Wildman–Crippen MR) is 162 cm³/mol. The first kappa shape index (κ1) is 31.5. The Labute approximate surface area is 253 Å². The van der Waals surface area contributed by atoms with E-state index in [0.29, 0.717) is 48.8 Å². The average molecular weight is 614 g/mol. The molecule has 5 N–H and O–H groups in total. The van der Waals surface area contributed by atoms with E-state index in [4.69, 9.17) is 9.47 Å². The van der Waals surface area contributed by atoms with Crippen LogP contribution in [0.2, 0.25) is 0 Å². The topological polar surface area (TPSA) is 150 Å². The summed E-state index contributed by atoms with van der Waals surface area (Å²) < 4.78 is 39.2. The lowest BCUT2D eigenvalue weighted by Crippen LogP contribution is -2.51. The minimum absolute atomic E-state index is 0.0238. The number of aliphatic hydroxyl groups is 3. The maximum atomic E-state index is 13.9. The lowest BCUT2D eigenvalue weighted by Gasteiger charge is -2.39. The first-order valence-electron chi connectivity index (χ1n) is 15.1. The summed E-state index contributed by atoms with van der Waals surface area (Å²) in [5, 5.41) is 39.1. The number of pyridine rings is 1. The molecule has 1 aliphatic heterocycles. The van der Waals surface area contributed by atoms with Gasteiger partial charge in [0.05, 0.1) is 20.1 Å². The highest BCUT2D eigenvalue weighted by Crippen LogP contribution is 2.42. The SMILES string of the molecule is CCCCC1NC(O)C(S(=O)(=O)c2ccc(C3C=CC(C(O)NC4CC4)=CC3)cn2)=C(O)C1C1=C(OC)CCC=C1OC. The summed E-state index contributed by atoms with van der Waals surface area (Å²) in [7, 11) is -1.30. The van der Waals surface area contributed by atoms with Gasteiger partial charge < -0.3 is 24.8 Å². The molecule has 5 unspecified atom stereocenters. The summed E-state index contributed by atoms with van der Waals surface area (Å²) in [6.45, 7) is 2.05. The van der Waals surface area contributed by atoms with Crippen LogP contribution in [-0.2, 0) is 19.3 Å². The van der Waals surface area contributed by atoms with Gasteiger partial charge in [0.1, 0.15) is 34.6 Å². The molecule has 10 nitrogen and oxygen atoms in total. The molecule has 1 saturated carbocycles. The number of sulfone groups is 1. The van der Waals surface area contributed by atoms with Crippen LogP contribution in [-0.4, -0.2) is 67.5 Å². The second kappa shape index (κ2) is 13.4. The van der Waals surface area contributed by atoms with Crippen LogP contribution < -0.4 is 10.6 Å². The number of aliphatic hydroxyl groups excluding tert-OH is 3. The van der Waals surface area contributed by atoms with Gasteiger partial charge in [0, 0.05) is 36.2 Å². The molecule has 234 valence electrons. The molecule has 2 heterocycles. The minimum atomic E-state index is -4.39. The summed E-state index contributed by atoms with van der Waals surface area (Å²) in [6.07, 6.45) is 13.3. The number of nitrogens with one attached hydrogen (secondary N) is 2. The standard InChI is InChI=1S/C32H43N3O7S/c1-4-5-7-23-27(28-24(41-2)8-6-9-25(28)42-3)29(36)30(32(38)35-23)43(39,40)26-17-14-21(18-33-26)19-10-12-20(13-11-19)31(37)34-22-15-16-22/h8,10,12-14,17-19,22-23,27,31-32,34-38H,4-7,9,11,15-16H2,1-3H3. The van der Waals surface area contributed by atoms with Gasteiger partial charge in [-0.2, -0.15) is 0 Å². The molecule has 43 heavy (non-hydrogen) atoms. The maximum Gasteiger partial charge on any atom is 0.227 e. The second-order valence-corrected chi connectivity index (χ2v) is 13.4. The normalized spacial score (nSPS) is 27.1. The molecule has 0 saturated heterocycles. The molecule has 0 radical (unpaired) electrons. The Kier molecular flexibility index (Phi) is 9.77. The van der Waals surface area contributed by atoms with Crippen molar-refractivity contribution in [1.29, 1.82) is 0 Å². The molecule has 5 atom stereocenters. The number of unbranched alkanes of at least 4 members (excludes halogenated alkanes) is 1. The van der Waals surface area contributed by atoms with Crippen LogP contribution in [0.15, 0.2) is 81.0 Å². The van der Waals surface area contributed by atoms with Crippen molar-refractivity contribution in [3.8, 4) is 0 Å². The molecule has 0 spiro atoms. The van der Waals surface area contributed by atoms with Gasteiger partial charge in [-0.1, -0.05) is 44.1 Å². The highest BCUT2D eigenvalue weighted by atomic mass is 32.2. The van der Waals surface area contributed by atoms with E-state index in [1.165, 1.54) is 19.4 Å². The Morgan fingerprint density at radius 2 is 1.98 bits per heavy atom. The molecule has 3 aliphatic carbocycles. The van der Waals surface area contributed by atoms with Gasteiger partial charge in [0.25, 0.3) is 0 Å². The Hall–Kier alpha value is -2.96. The molecule has 5 rings (SSSR count). The number of ether oxygens (including phenoxy) is 2. The molecule has 0 amide bonds. The number of rotatable bonds is 12. The van der Waals surface area contributed by atoms with Gasteiger partial charge >= 0.3 is 0 Å². The van der Waals surface area contributed by atoms with Crippen LogP contribution >= 0.6 is 0 Å². The average Bonchev–Trinajstić information content (AvgIpc) is 3.83. The Morgan fingerprint density at radius 1 is 1.19 bits per heavy atom. The quantitative estimate of drug-likeness (QED) is 0.219. The number of aromatic nitrogens is 1. The van der Waals surface area contributed by atoms with Crippen molar-refractivity contribution in [3.05, 3.63) is 81.5 Å². The lowest BCUT2D eigenvalue weighted by atomic mass is 9.80. The van der Waals surface area contributed by atoms with E-state index in [-0.39, 0.29) is 10.9 Å². The van der Waals surface area contributed by atoms with Gasteiger partial charge in [0.2, 0.25) is 9.84 Å². The van der Waals surface area contributed by atoms with E-state index >= 15 is 0 Å². The highest BCUT2D eigenvalue weighted by molar-refractivity contribution is 7.95. The molecule has 11 heteroatoms. The summed E-state index contributed by atoms with van der Waals surface area (Å²) in [5.74, 6) is -0.127. The van der Waals surface area contributed by atoms with E-state index in [2.05, 4.69) is 15.6 Å². The van der Waals surface area contributed by atoms with E-state index in [1.807, 2.05) is 31.2 Å². The van der Waals surface area contributed by atoms with Crippen LogP contribution in [0.5, 0.6) is 0 Å². The third-order valence-electron chi connectivity index (χ3n) is 8.65. The van der Waals surface area contributed by atoms with Crippen LogP contribution in [0.1, 0.15) is 69.8 Å². The van der Waals surface area contributed by atoms with E-state index < -0.39 is 44.9 Å². The lowest BCUT2D eigenvalue weighted by molar-refractivity contribution is 0.112. The van der Waals surface area contributed by atoms with Crippen molar-refractivity contribution in [2.24, 2.45) is 5.92 Å². The zero-order valence-corrected chi connectivity index (χ0v) is 25.8. The number of hydrogen-bond acceptors (Lipinski definition) is 10. The largest absolute Gasteiger partial charge is 0.510 e. The number of hydrogen-bond donors (Lipinski definition) is 5. The summed E-state index contributed by atoms with van der Waals surface area (Å²) in [5.41, 5.74) is 2.22. The van der Waals surface area contributed by atoms with E-state index in [0.717, 1.165) is 36.8 Å². The number of methoxy groups -OCH3 is 2. The predicted octanol–water partition coefficient (Wildman–Crippen LogP) is 3.99. The fraction of sp³-hybridized carbons (Fsp3) is 0.531. The summed E-state index contributed by atoms with van der Waals surface area (Å²) >= 11 is 0. The van der Waals surface area contributed by atoms with Gasteiger partial charge in [-0.3, -0.25) is 10.6 Å². The van der Waals surface area contributed by atoms with Crippen molar-refractivity contribution >= 4 is 9.84 Å². The Morgan fingerprint density at radius 3 is 2.58 bits per heavy atom. The van der Waals surface area contributed by atoms with E-state index in [1.54, 1.807) is 13.2 Å². The smallest absolute Gasteiger partial charge is 0.227 e. The van der Waals surface area contributed by atoms with Crippen LogP contribution in [0.4, 0.5) is 0 Å². The van der Waals surface area contributed by atoms with Gasteiger partial charge in [-0.25, -0.2) is 13.4 Å². The van der Waals surface area contributed by atoms with E-state index in [9.17, 15) is 23.7 Å². The van der Waals surface area contributed by atoms with Gasteiger partial charge in [-0.15, -0.1) is 0 Å². The fourth-order valence-corrected chi connectivity index (χ4v) is 7.57. The third kappa shape index (κ3) is 6.61. The maximum absolute atomic E-state index is 13.9. The summed E-state index contributed by atoms with van der Waals surface area (Å²) in [6, 6.07) is 3.04. The molecule has 1 aromatic heterocycles. The number of allylic oxidation sites excluding steroid dienone is 5. The van der Waals surface area contributed by atoms with Crippen molar-refractivity contribution in [3.63, 3.8) is 0 Å². The molecule has 0 bridgehead atoms. The molecule has 0 aromatic carbocycles. The third-order valence-corrected chi connectivity index (χ3v) is 10.5. The summed E-state index contributed by atoms with van der Waals surface area (Å²) in [4.78, 5) is 3.76. The van der Waals surface area contributed by atoms with Crippen LogP contribution in [0, 0.1) is 5.92 Å². The monoisotopic (exact) mass is 613 g/mol.